The first-order chi connectivity index (χ1) is 9.65. The average molecular weight is 400 g/mol. The van der Waals surface area contributed by atoms with Crippen LogP contribution in [-0.2, 0) is 19.6 Å². The smallest absolute Gasteiger partial charge is 0.118 e. The molecule has 1 aliphatic heterocycles. The summed E-state index contributed by atoms with van der Waals surface area (Å²) in [6.45, 7) is 2.92. The van der Waals surface area contributed by atoms with Crippen LogP contribution in [0.25, 0.3) is 0 Å². The van der Waals surface area contributed by atoms with Crippen molar-refractivity contribution in [3.63, 3.8) is 0 Å². The molecule has 0 fully saturated rings. The van der Waals surface area contributed by atoms with Crippen molar-refractivity contribution >= 4 is 34.2 Å². The first-order valence-electron chi connectivity index (χ1n) is 6.48. The maximum absolute atomic E-state index is 6.13. The fourth-order valence-corrected chi connectivity index (χ4v) is 3.87. The lowest BCUT2D eigenvalue weighted by Gasteiger charge is -2.15. The van der Waals surface area contributed by atoms with Gasteiger partial charge < -0.3 is 4.74 Å². The Labute approximate surface area is 137 Å². The summed E-state index contributed by atoms with van der Waals surface area (Å²) in [5.74, 6) is 0.903. The van der Waals surface area contributed by atoms with Gasteiger partial charge in [0.2, 0.25) is 0 Å². The molecule has 4 heteroatoms. The van der Waals surface area contributed by atoms with Crippen LogP contribution in [-0.4, -0.2) is 12.0 Å². The van der Waals surface area contributed by atoms with E-state index >= 15 is 0 Å². The highest BCUT2D eigenvalue weighted by atomic mass is 127. The summed E-state index contributed by atoms with van der Waals surface area (Å²) in [6, 6.07) is 12.4. The van der Waals surface area contributed by atoms with E-state index in [-0.39, 0.29) is 0 Å². The maximum Gasteiger partial charge on any atom is 0.118 e. The Kier molecular flexibility index (Phi) is 4.19. The number of methoxy groups -OCH3 is 1. The molecule has 0 radical (unpaired) electrons. The highest BCUT2D eigenvalue weighted by Gasteiger charge is 2.21. The van der Waals surface area contributed by atoms with E-state index in [0.29, 0.717) is 0 Å². The number of fused-ring (bicyclic) bond motifs is 1. The van der Waals surface area contributed by atoms with Crippen molar-refractivity contribution in [1.29, 1.82) is 0 Å². The normalized spacial score (nSPS) is 14.3. The monoisotopic (exact) mass is 399 g/mol. The summed E-state index contributed by atoms with van der Waals surface area (Å²) < 4.78 is 6.46. The van der Waals surface area contributed by atoms with Gasteiger partial charge in [0.05, 0.1) is 7.11 Å². The lowest BCUT2D eigenvalue weighted by molar-refractivity contribution is 0.275. The highest BCUT2D eigenvalue weighted by Crippen LogP contribution is 2.31. The largest absolute Gasteiger partial charge is 0.497 e. The Balaban J connectivity index is 1.73. The molecule has 2 aromatic rings. The molecule has 104 valence electrons. The van der Waals surface area contributed by atoms with Crippen LogP contribution in [0.15, 0.2) is 36.4 Å². The fraction of sp³-hybridized carbons (Fsp3) is 0.250. The van der Waals surface area contributed by atoms with Crippen molar-refractivity contribution in [2.24, 2.45) is 0 Å². The second kappa shape index (κ2) is 5.92. The van der Waals surface area contributed by atoms with Gasteiger partial charge in [-0.15, -0.1) is 0 Å². The molecule has 0 saturated carbocycles. The van der Waals surface area contributed by atoms with Gasteiger partial charge in [0.15, 0.2) is 0 Å². The molecule has 0 amide bonds. The number of hydrogen-bond acceptors (Lipinski definition) is 2. The van der Waals surface area contributed by atoms with Crippen LogP contribution in [0.3, 0.4) is 0 Å². The quantitative estimate of drug-likeness (QED) is 0.706. The van der Waals surface area contributed by atoms with Crippen LogP contribution in [0.4, 0.5) is 0 Å². The van der Waals surface area contributed by atoms with Gasteiger partial charge in [-0.2, -0.15) is 0 Å². The number of ether oxygens (including phenoxy) is 1. The molecule has 0 atom stereocenters. The van der Waals surface area contributed by atoms with Gasteiger partial charge in [0.1, 0.15) is 5.75 Å². The molecule has 2 nitrogen and oxygen atoms in total. The minimum absolute atomic E-state index is 0.833. The van der Waals surface area contributed by atoms with E-state index in [2.05, 4.69) is 45.7 Å². The van der Waals surface area contributed by atoms with Gasteiger partial charge in [-0.05, 0) is 63.5 Å². The van der Waals surface area contributed by atoms with E-state index in [1.165, 1.54) is 20.3 Å². The van der Waals surface area contributed by atoms with E-state index in [4.69, 9.17) is 16.3 Å². The zero-order valence-corrected chi connectivity index (χ0v) is 14.1. The van der Waals surface area contributed by atoms with E-state index in [1.54, 1.807) is 7.11 Å². The lowest BCUT2D eigenvalue weighted by Crippen LogP contribution is -2.15. The summed E-state index contributed by atoms with van der Waals surface area (Å²) in [5, 5.41) is 0.833. The summed E-state index contributed by atoms with van der Waals surface area (Å²) >= 11 is 8.51. The molecule has 20 heavy (non-hydrogen) atoms. The Morgan fingerprint density at radius 2 is 1.95 bits per heavy atom. The molecule has 2 aromatic carbocycles. The topological polar surface area (TPSA) is 12.5 Å². The third-order valence-corrected chi connectivity index (χ3v) is 4.77. The van der Waals surface area contributed by atoms with Crippen molar-refractivity contribution < 1.29 is 4.74 Å². The van der Waals surface area contributed by atoms with Crippen LogP contribution in [0, 0.1) is 3.57 Å². The minimum atomic E-state index is 0.833. The van der Waals surface area contributed by atoms with Gasteiger partial charge in [-0.25, -0.2) is 0 Å². The van der Waals surface area contributed by atoms with Crippen molar-refractivity contribution in [3.05, 3.63) is 61.7 Å². The number of hydrogen-bond donors (Lipinski definition) is 0. The van der Waals surface area contributed by atoms with E-state index < -0.39 is 0 Å². The SMILES string of the molecule is COc1ccc(CN2Cc3cc(Cl)cc(I)c3C2)cc1. The van der Waals surface area contributed by atoms with E-state index in [0.717, 1.165) is 30.4 Å². The molecule has 3 rings (SSSR count). The summed E-state index contributed by atoms with van der Waals surface area (Å²) in [4.78, 5) is 2.44. The molecule has 0 aliphatic carbocycles. The van der Waals surface area contributed by atoms with Crippen molar-refractivity contribution in [2.75, 3.05) is 7.11 Å². The van der Waals surface area contributed by atoms with Crippen LogP contribution in [0.1, 0.15) is 16.7 Å². The lowest BCUT2D eigenvalue weighted by atomic mass is 10.1. The zero-order valence-electron chi connectivity index (χ0n) is 11.2. The van der Waals surface area contributed by atoms with Crippen molar-refractivity contribution in [1.82, 2.24) is 4.90 Å². The maximum atomic E-state index is 6.13. The Morgan fingerprint density at radius 3 is 2.65 bits per heavy atom. The van der Waals surface area contributed by atoms with Gasteiger partial charge in [-0.1, -0.05) is 23.7 Å². The van der Waals surface area contributed by atoms with Gasteiger partial charge in [0.25, 0.3) is 0 Å². The number of rotatable bonds is 3. The molecule has 0 aromatic heterocycles. The average Bonchev–Trinajstić information content (AvgIpc) is 2.82. The first-order valence-corrected chi connectivity index (χ1v) is 7.93. The molecule has 0 unspecified atom stereocenters. The summed E-state index contributed by atoms with van der Waals surface area (Å²) in [6.07, 6.45) is 0. The molecule has 0 N–H and O–H groups in total. The number of halogens is 2. The van der Waals surface area contributed by atoms with Crippen LogP contribution < -0.4 is 4.74 Å². The van der Waals surface area contributed by atoms with Crippen molar-refractivity contribution in [2.45, 2.75) is 19.6 Å². The van der Waals surface area contributed by atoms with Crippen LogP contribution in [0.2, 0.25) is 5.02 Å². The molecular weight excluding hydrogens is 385 g/mol. The van der Waals surface area contributed by atoms with Gasteiger partial charge in [-0.3, -0.25) is 4.90 Å². The van der Waals surface area contributed by atoms with E-state index in [1.807, 2.05) is 18.2 Å². The second-order valence-electron chi connectivity index (χ2n) is 5.02. The van der Waals surface area contributed by atoms with Crippen molar-refractivity contribution in [3.8, 4) is 5.75 Å². The van der Waals surface area contributed by atoms with Crippen LogP contribution in [0.5, 0.6) is 5.75 Å². The molecular formula is C16H15ClINO. The zero-order chi connectivity index (χ0) is 14.1. The van der Waals surface area contributed by atoms with Gasteiger partial charge in [0, 0.05) is 28.2 Å². The Morgan fingerprint density at radius 1 is 1.20 bits per heavy atom. The standard InChI is InChI=1S/C16H15ClINO/c1-20-14-4-2-11(3-5-14)8-19-9-12-6-13(17)7-16(18)15(12)10-19/h2-7H,8-10H2,1H3. The molecule has 0 bridgehead atoms. The highest BCUT2D eigenvalue weighted by molar-refractivity contribution is 14.1. The summed E-state index contributed by atoms with van der Waals surface area (Å²) in [5.41, 5.74) is 4.08. The Hall–Kier alpha value is -0.780. The first kappa shape index (κ1) is 14.2. The molecule has 0 spiro atoms. The third-order valence-electron chi connectivity index (χ3n) is 3.59. The second-order valence-corrected chi connectivity index (χ2v) is 6.62. The predicted molar refractivity (Wildman–Crippen MR) is 90.1 cm³/mol. The van der Waals surface area contributed by atoms with Crippen LogP contribution >= 0.6 is 34.2 Å². The molecule has 0 saturated heterocycles. The predicted octanol–water partition coefficient (Wildman–Crippen LogP) is 4.47. The van der Waals surface area contributed by atoms with E-state index in [9.17, 15) is 0 Å². The minimum Gasteiger partial charge on any atom is -0.497 e. The number of benzene rings is 2. The Bertz CT molecular complexity index is 627. The molecule has 1 heterocycles. The molecule has 1 aliphatic rings. The van der Waals surface area contributed by atoms with Gasteiger partial charge >= 0.3 is 0 Å². The number of nitrogens with zero attached hydrogens (tertiary/aromatic N) is 1. The third kappa shape index (κ3) is 2.95. The fourth-order valence-electron chi connectivity index (χ4n) is 2.60. The summed E-state index contributed by atoms with van der Waals surface area (Å²) in [7, 11) is 1.69.